The molecule has 100 valence electrons. The summed E-state index contributed by atoms with van der Waals surface area (Å²) in [6.07, 6.45) is 4.60. The number of carbonyl (C=O) groups excluding carboxylic acids is 1. The maximum atomic E-state index is 12.2. The highest BCUT2D eigenvalue weighted by Crippen LogP contribution is 2.27. The van der Waals surface area contributed by atoms with Gasteiger partial charge in [-0.05, 0) is 59.7 Å². The topological polar surface area (TPSA) is 66.4 Å². The summed E-state index contributed by atoms with van der Waals surface area (Å²) in [5.41, 5.74) is 0.698. The zero-order valence-electron chi connectivity index (χ0n) is 10.2. The molecule has 0 aliphatic heterocycles. The van der Waals surface area contributed by atoms with Crippen molar-refractivity contribution >= 4 is 40.2 Å². The molecule has 2 N–H and O–H groups in total. The number of hydrogen-bond acceptors (Lipinski definition) is 2. The van der Waals surface area contributed by atoms with Gasteiger partial charge in [0.25, 0.3) is 0 Å². The minimum Gasteiger partial charge on any atom is -0.481 e. The first kappa shape index (κ1) is 14.0. The molecule has 1 aliphatic rings. The molecule has 19 heavy (non-hydrogen) atoms. The molecule has 0 radical (unpaired) electrons. The van der Waals surface area contributed by atoms with E-state index in [1.165, 1.54) is 0 Å². The average Bonchev–Trinajstić information content (AvgIpc) is 2.41. The van der Waals surface area contributed by atoms with Gasteiger partial charge in [-0.25, -0.2) is 0 Å². The van der Waals surface area contributed by atoms with E-state index in [-0.39, 0.29) is 5.91 Å². The van der Waals surface area contributed by atoms with Gasteiger partial charge >= 0.3 is 5.97 Å². The van der Waals surface area contributed by atoms with Crippen LogP contribution in [0.1, 0.15) is 12.8 Å². The maximum Gasteiger partial charge on any atom is 0.307 e. The van der Waals surface area contributed by atoms with Gasteiger partial charge in [0.15, 0.2) is 0 Å². The number of rotatable bonds is 3. The Labute approximate surface area is 125 Å². The molecule has 0 saturated carbocycles. The summed E-state index contributed by atoms with van der Waals surface area (Å²) in [6.45, 7) is 0. The maximum absolute atomic E-state index is 12.2. The minimum absolute atomic E-state index is 0.224. The molecule has 1 aliphatic carbocycles. The minimum atomic E-state index is -0.910. The number of aliphatic carboxylic acids is 1. The summed E-state index contributed by atoms with van der Waals surface area (Å²) in [5, 5.41) is 11.9. The fourth-order valence-corrected chi connectivity index (χ4v) is 2.50. The molecule has 4 nitrogen and oxygen atoms in total. The molecule has 0 bridgehead atoms. The van der Waals surface area contributed by atoms with Crippen molar-refractivity contribution < 1.29 is 14.7 Å². The van der Waals surface area contributed by atoms with Gasteiger partial charge in [-0.15, -0.1) is 0 Å². The Morgan fingerprint density at radius 1 is 1.11 bits per heavy atom. The highest BCUT2D eigenvalue weighted by Gasteiger charge is 2.33. The van der Waals surface area contributed by atoms with Crippen LogP contribution in [0, 0.1) is 15.4 Å². The number of allylic oxidation sites excluding steroid dienone is 2. The molecular weight excluding hydrogens is 357 g/mol. The van der Waals surface area contributed by atoms with E-state index in [2.05, 4.69) is 27.9 Å². The van der Waals surface area contributed by atoms with Crippen LogP contribution in [0.2, 0.25) is 0 Å². The lowest BCUT2D eigenvalue weighted by molar-refractivity contribution is -0.146. The summed E-state index contributed by atoms with van der Waals surface area (Å²) < 4.78 is 1.08. The van der Waals surface area contributed by atoms with Crippen molar-refractivity contribution in [1.82, 2.24) is 0 Å². The molecule has 0 fully saturated rings. The highest BCUT2D eigenvalue weighted by molar-refractivity contribution is 14.1. The van der Waals surface area contributed by atoms with Crippen molar-refractivity contribution in [2.45, 2.75) is 12.8 Å². The number of carboxylic acid groups (broad SMARTS) is 1. The molecule has 2 rings (SSSR count). The van der Waals surface area contributed by atoms with Gasteiger partial charge < -0.3 is 10.4 Å². The first-order valence-electron chi connectivity index (χ1n) is 6.02. The summed E-state index contributed by atoms with van der Waals surface area (Å²) in [6, 6.07) is 7.42. The summed E-state index contributed by atoms with van der Waals surface area (Å²) in [4.78, 5) is 23.3. The Morgan fingerprint density at radius 3 is 2.26 bits per heavy atom. The van der Waals surface area contributed by atoms with E-state index in [1.807, 2.05) is 36.4 Å². The van der Waals surface area contributed by atoms with E-state index in [9.17, 15) is 9.59 Å². The SMILES string of the molecule is O=C(O)[C@@H]1CC=CC[C@H]1C(=O)Nc1ccc(I)cc1. The lowest BCUT2D eigenvalue weighted by Gasteiger charge is -2.24. The van der Waals surface area contributed by atoms with Crippen molar-refractivity contribution in [2.24, 2.45) is 11.8 Å². The van der Waals surface area contributed by atoms with Crippen molar-refractivity contribution in [2.75, 3.05) is 5.32 Å². The number of hydrogen-bond donors (Lipinski definition) is 2. The molecule has 0 unspecified atom stereocenters. The van der Waals surface area contributed by atoms with E-state index >= 15 is 0 Å². The standard InChI is InChI=1S/C14H14INO3/c15-9-5-7-10(8-6-9)16-13(17)11-3-1-2-4-12(11)14(18)19/h1-2,5-8,11-12H,3-4H2,(H,16,17)(H,18,19)/t11-,12-/m1/s1. The van der Waals surface area contributed by atoms with Crippen molar-refractivity contribution in [1.29, 1.82) is 0 Å². The van der Waals surface area contributed by atoms with E-state index in [4.69, 9.17) is 5.11 Å². The number of carbonyl (C=O) groups is 2. The van der Waals surface area contributed by atoms with Gasteiger partial charge in [-0.2, -0.15) is 0 Å². The Morgan fingerprint density at radius 2 is 1.68 bits per heavy atom. The van der Waals surface area contributed by atoms with Crippen molar-refractivity contribution in [3.8, 4) is 0 Å². The number of nitrogens with one attached hydrogen (secondary N) is 1. The smallest absolute Gasteiger partial charge is 0.307 e. The van der Waals surface area contributed by atoms with Crippen LogP contribution >= 0.6 is 22.6 Å². The van der Waals surface area contributed by atoms with Crippen LogP contribution in [-0.4, -0.2) is 17.0 Å². The van der Waals surface area contributed by atoms with E-state index in [1.54, 1.807) is 0 Å². The zero-order valence-corrected chi connectivity index (χ0v) is 12.3. The first-order chi connectivity index (χ1) is 9.08. The van der Waals surface area contributed by atoms with Crippen LogP contribution in [0.3, 0.4) is 0 Å². The normalized spacial score (nSPS) is 21.9. The lowest BCUT2D eigenvalue weighted by Crippen LogP contribution is -2.34. The summed E-state index contributed by atoms with van der Waals surface area (Å²) in [5.74, 6) is -2.26. The van der Waals surface area contributed by atoms with Crippen LogP contribution in [-0.2, 0) is 9.59 Å². The highest BCUT2D eigenvalue weighted by atomic mass is 127. The number of carboxylic acids is 1. The number of halogens is 1. The van der Waals surface area contributed by atoms with Gasteiger partial charge in [-0.3, -0.25) is 9.59 Å². The number of benzene rings is 1. The lowest BCUT2D eigenvalue weighted by atomic mass is 9.82. The molecule has 0 spiro atoms. The van der Waals surface area contributed by atoms with Crippen LogP contribution < -0.4 is 5.32 Å². The second kappa shape index (κ2) is 6.18. The van der Waals surface area contributed by atoms with Crippen molar-refractivity contribution in [3.63, 3.8) is 0 Å². The molecular formula is C14H14INO3. The molecule has 1 aromatic carbocycles. The van der Waals surface area contributed by atoms with Crippen LogP contribution in [0.4, 0.5) is 5.69 Å². The molecule has 0 saturated heterocycles. The number of amides is 1. The van der Waals surface area contributed by atoms with Gasteiger partial charge in [0.05, 0.1) is 11.8 Å². The fraction of sp³-hybridized carbons (Fsp3) is 0.286. The second-order valence-corrected chi connectivity index (χ2v) is 5.74. The third-order valence-electron chi connectivity index (χ3n) is 3.20. The van der Waals surface area contributed by atoms with E-state index in [0.29, 0.717) is 18.5 Å². The monoisotopic (exact) mass is 371 g/mol. The zero-order chi connectivity index (χ0) is 13.8. The molecule has 5 heteroatoms. The first-order valence-corrected chi connectivity index (χ1v) is 7.10. The quantitative estimate of drug-likeness (QED) is 0.634. The van der Waals surface area contributed by atoms with Gasteiger partial charge in [-0.1, -0.05) is 12.2 Å². The third-order valence-corrected chi connectivity index (χ3v) is 3.92. The van der Waals surface area contributed by atoms with E-state index in [0.717, 1.165) is 3.57 Å². The van der Waals surface area contributed by atoms with Crippen LogP contribution in [0.25, 0.3) is 0 Å². The van der Waals surface area contributed by atoms with Crippen molar-refractivity contribution in [3.05, 3.63) is 40.0 Å². The van der Waals surface area contributed by atoms with Crippen LogP contribution in [0.5, 0.6) is 0 Å². The van der Waals surface area contributed by atoms with Gasteiger partial charge in [0.1, 0.15) is 0 Å². The number of anilines is 1. The predicted molar refractivity (Wildman–Crippen MR) is 80.8 cm³/mol. The molecule has 1 aromatic rings. The summed E-state index contributed by atoms with van der Waals surface area (Å²) >= 11 is 2.19. The summed E-state index contributed by atoms with van der Waals surface area (Å²) in [7, 11) is 0. The Balaban J connectivity index is 2.08. The largest absolute Gasteiger partial charge is 0.481 e. The second-order valence-electron chi connectivity index (χ2n) is 4.49. The Kier molecular flexibility index (Phi) is 4.57. The molecule has 2 atom stereocenters. The third kappa shape index (κ3) is 3.56. The van der Waals surface area contributed by atoms with Gasteiger partial charge in [0, 0.05) is 9.26 Å². The van der Waals surface area contributed by atoms with Gasteiger partial charge in [0.2, 0.25) is 5.91 Å². The predicted octanol–water partition coefficient (Wildman–Crippen LogP) is 2.90. The Hall–Kier alpha value is -1.37. The van der Waals surface area contributed by atoms with Crippen LogP contribution in [0.15, 0.2) is 36.4 Å². The molecule has 1 amide bonds. The molecule has 0 aromatic heterocycles. The van der Waals surface area contributed by atoms with E-state index < -0.39 is 17.8 Å². The molecule has 0 heterocycles. The average molecular weight is 371 g/mol. The fourth-order valence-electron chi connectivity index (χ4n) is 2.15. The Bertz CT molecular complexity index is 510.